The first-order valence-corrected chi connectivity index (χ1v) is 8.42. The summed E-state index contributed by atoms with van der Waals surface area (Å²) in [6.07, 6.45) is 0.939. The van der Waals surface area contributed by atoms with Gasteiger partial charge in [0, 0.05) is 49.6 Å². The summed E-state index contributed by atoms with van der Waals surface area (Å²) < 4.78 is 10.7. The minimum atomic E-state index is 0.0654. The van der Waals surface area contributed by atoms with E-state index in [0.29, 0.717) is 0 Å². The van der Waals surface area contributed by atoms with Crippen LogP contribution < -0.4 is 14.4 Å². The van der Waals surface area contributed by atoms with Gasteiger partial charge in [-0.2, -0.15) is 0 Å². The number of anilines is 1. The van der Waals surface area contributed by atoms with Crippen molar-refractivity contribution in [1.29, 1.82) is 0 Å². The van der Waals surface area contributed by atoms with Gasteiger partial charge in [0.2, 0.25) is 0 Å². The highest BCUT2D eigenvalue weighted by atomic mass is 16.5. The summed E-state index contributed by atoms with van der Waals surface area (Å²) in [5.74, 6) is 1.61. The van der Waals surface area contributed by atoms with Gasteiger partial charge in [0.25, 0.3) is 5.91 Å². The molecular formula is C20H24N2O3. The SMILES string of the molecule is COc1cc(OC)cc(N2CCC(N(C)C(=O)c3ccccc3)C2)c1. The van der Waals surface area contributed by atoms with E-state index in [0.717, 1.165) is 42.3 Å². The first-order chi connectivity index (χ1) is 12.1. The Hall–Kier alpha value is -2.69. The van der Waals surface area contributed by atoms with Crippen LogP contribution in [0, 0.1) is 0 Å². The molecule has 0 radical (unpaired) electrons. The molecule has 1 atom stereocenters. The number of hydrogen-bond acceptors (Lipinski definition) is 4. The number of benzene rings is 2. The average Bonchev–Trinajstić information content (AvgIpc) is 3.17. The Kier molecular flexibility index (Phi) is 5.12. The lowest BCUT2D eigenvalue weighted by Gasteiger charge is -2.26. The highest BCUT2D eigenvalue weighted by Gasteiger charge is 2.29. The van der Waals surface area contributed by atoms with Crippen LogP contribution in [-0.2, 0) is 0 Å². The van der Waals surface area contributed by atoms with Crippen molar-refractivity contribution in [3.63, 3.8) is 0 Å². The third-order valence-corrected chi connectivity index (χ3v) is 4.75. The van der Waals surface area contributed by atoms with Crippen molar-refractivity contribution in [1.82, 2.24) is 4.90 Å². The van der Waals surface area contributed by atoms with Crippen molar-refractivity contribution in [3.05, 3.63) is 54.1 Å². The summed E-state index contributed by atoms with van der Waals surface area (Å²) in [6.45, 7) is 1.69. The topological polar surface area (TPSA) is 42.0 Å². The zero-order chi connectivity index (χ0) is 17.8. The molecule has 1 aliphatic heterocycles. The van der Waals surface area contributed by atoms with E-state index in [-0.39, 0.29) is 11.9 Å². The number of carbonyl (C=O) groups is 1. The highest BCUT2D eigenvalue weighted by Crippen LogP contribution is 2.31. The molecule has 0 saturated carbocycles. The second-order valence-electron chi connectivity index (χ2n) is 6.24. The second-order valence-corrected chi connectivity index (χ2v) is 6.24. The molecule has 3 rings (SSSR count). The molecule has 1 aliphatic rings. The Morgan fingerprint density at radius 2 is 1.72 bits per heavy atom. The van der Waals surface area contributed by atoms with Gasteiger partial charge in [-0.15, -0.1) is 0 Å². The van der Waals surface area contributed by atoms with Crippen LogP contribution in [0.4, 0.5) is 5.69 Å². The fourth-order valence-electron chi connectivity index (χ4n) is 3.22. The number of rotatable bonds is 5. The maximum Gasteiger partial charge on any atom is 0.253 e. The second kappa shape index (κ2) is 7.47. The van der Waals surface area contributed by atoms with Gasteiger partial charge in [-0.25, -0.2) is 0 Å². The number of ether oxygens (including phenoxy) is 2. The molecule has 2 aromatic rings. The largest absolute Gasteiger partial charge is 0.497 e. The molecule has 0 bridgehead atoms. The van der Waals surface area contributed by atoms with Crippen LogP contribution in [0.15, 0.2) is 48.5 Å². The van der Waals surface area contributed by atoms with Crippen LogP contribution in [0.1, 0.15) is 16.8 Å². The normalized spacial score (nSPS) is 16.6. The first kappa shape index (κ1) is 17.1. The quantitative estimate of drug-likeness (QED) is 0.839. The minimum Gasteiger partial charge on any atom is -0.497 e. The molecule has 5 heteroatoms. The van der Waals surface area contributed by atoms with Crippen molar-refractivity contribution in [2.24, 2.45) is 0 Å². The van der Waals surface area contributed by atoms with E-state index in [1.54, 1.807) is 14.2 Å². The summed E-state index contributed by atoms with van der Waals surface area (Å²) in [4.78, 5) is 16.8. The van der Waals surface area contributed by atoms with Crippen molar-refractivity contribution in [2.75, 3.05) is 39.3 Å². The smallest absolute Gasteiger partial charge is 0.253 e. The third-order valence-electron chi connectivity index (χ3n) is 4.75. The van der Waals surface area contributed by atoms with Crippen molar-refractivity contribution in [2.45, 2.75) is 12.5 Å². The number of methoxy groups -OCH3 is 2. The van der Waals surface area contributed by atoms with Gasteiger partial charge in [-0.1, -0.05) is 18.2 Å². The third kappa shape index (κ3) is 3.71. The Bertz CT molecular complexity index is 711. The van der Waals surface area contributed by atoms with Crippen LogP contribution in [-0.4, -0.2) is 51.2 Å². The Morgan fingerprint density at radius 3 is 2.32 bits per heavy atom. The molecule has 1 unspecified atom stereocenters. The average molecular weight is 340 g/mol. The van der Waals surface area contributed by atoms with E-state index in [1.807, 2.05) is 60.5 Å². The number of likely N-dealkylation sites (N-methyl/N-ethyl adjacent to an activating group) is 1. The van der Waals surface area contributed by atoms with Crippen LogP contribution in [0.5, 0.6) is 11.5 Å². The Morgan fingerprint density at radius 1 is 1.08 bits per heavy atom. The lowest BCUT2D eigenvalue weighted by molar-refractivity contribution is 0.0745. The summed E-state index contributed by atoms with van der Waals surface area (Å²) >= 11 is 0. The van der Waals surface area contributed by atoms with E-state index in [2.05, 4.69) is 4.90 Å². The molecule has 0 N–H and O–H groups in total. The number of nitrogens with zero attached hydrogens (tertiary/aromatic N) is 2. The number of amides is 1. The van der Waals surface area contributed by atoms with E-state index >= 15 is 0 Å². The molecule has 25 heavy (non-hydrogen) atoms. The molecule has 1 fully saturated rings. The molecule has 0 aliphatic carbocycles. The molecule has 132 valence electrons. The lowest BCUT2D eigenvalue weighted by Crippen LogP contribution is -2.39. The van der Waals surface area contributed by atoms with E-state index in [9.17, 15) is 4.79 Å². The zero-order valence-corrected chi connectivity index (χ0v) is 14.9. The van der Waals surface area contributed by atoms with Crippen LogP contribution >= 0.6 is 0 Å². The molecule has 1 saturated heterocycles. The molecule has 1 amide bonds. The fourth-order valence-corrected chi connectivity index (χ4v) is 3.22. The zero-order valence-electron chi connectivity index (χ0n) is 14.9. The summed E-state index contributed by atoms with van der Waals surface area (Å²) in [5, 5.41) is 0. The predicted molar refractivity (Wildman–Crippen MR) is 98.7 cm³/mol. The van der Waals surface area contributed by atoms with E-state index in [1.165, 1.54) is 0 Å². The van der Waals surface area contributed by atoms with Crippen LogP contribution in [0.3, 0.4) is 0 Å². The van der Waals surface area contributed by atoms with Gasteiger partial charge in [0.05, 0.1) is 20.3 Å². The Labute approximate surface area is 148 Å². The van der Waals surface area contributed by atoms with Gasteiger partial charge >= 0.3 is 0 Å². The summed E-state index contributed by atoms with van der Waals surface area (Å²) in [7, 11) is 5.19. The maximum atomic E-state index is 12.6. The molecule has 0 spiro atoms. The fraction of sp³-hybridized carbons (Fsp3) is 0.350. The summed E-state index contributed by atoms with van der Waals surface area (Å²) in [5.41, 5.74) is 1.78. The van der Waals surface area contributed by atoms with Gasteiger partial charge in [-0.3, -0.25) is 4.79 Å². The van der Waals surface area contributed by atoms with Crippen molar-refractivity contribution < 1.29 is 14.3 Å². The van der Waals surface area contributed by atoms with Gasteiger partial charge < -0.3 is 19.3 Å². The van der Waals surface area contributed by atoms with Crippen LogP contribution in [0.2, 0.25) is 0 Å². The summed E-state index contributed by atoms with van der Waals surface area (Å²) in [6, 6.07) is 15.5. The first-order valence-electron chi connectivity index (χ1n) is 8.42. The standard InChI is InChI=1S/C20H24N2O3/c1-21(20(23)15-7-5-4-6-8-15)16-9-10-22(14-16)17-11-18(24-2)13-19(12-17)25-3/h4-8,11-13,16H,9-10,14H2,1-3H3. The van der Waals surface area contributed by atoms with Gasteiger partial charge in [-0.05, 0) is 18.6 Å². The number of hydrogen-bond donors (Lipinski definition) is 0. The Balaban J connectivity index is 1.72. The van der Waals surface area contributed by atoms with Crippen molar-refractivity contribution in [3.8, 4) is 11.5 Å². The lowest BCUT2D eigenvalue weighted by atomic mass is 10.1. The molecule has 0 aromatic heterocycles. The van der Waals surface area contributed by atoms with E-state index in [4.69, 9.17) is 9.47 Å². The van der Waals surface area contributed by atoms with Crippen LogP contribution in [0.25, 0.3) is 0 Å². The molecule has 2 aromatic carbocycles. The van der Waals surface area contributed by atoms with Gasteiger partial charge in [0.1, 0.15) is 11.5 Å². The molecular weight excluding hydrogens is 316 g/mol. The molecule has 5 nitrogen and oxygen atoms in total. The maximum absolute atomic E-state index is 12.6. The predicted octanol–water partition coefficient (Wildman–Crippen LogP) is 3.05. The molecule has 1 heterocycles. The van der Waals surface area contributed by atoms with E-state index < -0.39 is 0 Å². The van der Waals surface area contributed by atoms with Crippen molar-refractivity contribution >= 4 is 11.6 Å². The monoisotopic (exact) mass is 340 g/mol. The van der Waals surface area contributed by atoms with Gasteiger partial charge in [0.15, 0.2) is 0 Å². The number of carbonyl (C=O) groups excluding carboxylic acids is 1. The minimum absolute atomic E-state index is 0.0654. The highest BCUT2D eigenvalue weighted by molar-refractivity contribution is 5.94.